The molecule has 0 saturated carbocycles. The Hall–Kier alpha value is 0.0899. The number of morpholine rings is 2. The van der Waals surface area contributed by atoms with Crippen molar-refractivity contribution in [2.24, 2.45) is 0 Å². The highest BCUT2D eigenvalue weighted by atomic mass is 31.2. The van der Waals surface area contributed by atoms with Crippen LogP contribution < -0.4 is 0 Å². The summed E-state index contributed by atoms with van der Waals surface area (Å²) in [7, 11) is 11.6. The lowest BCUT2D eigenvalue weighted by Gasteiger charge is -2.42. The molecule has 0 amide bonds. The summed E-state index contributed by atoms with van der Waals surface area (Å²) >= 11 is 0. The highest BCUT2D eigenvalue weighted by Crippen LogP contribution is 2.53. The van der Waals surface area contributed by atoms with Gasteiger partial charge in [0.25, 0.3) is 0 Å². The van der Waals surface area contributed by atoms with Gasteiger partial charge in [-0.3, -0.25) is 4.57 Å². The molecule has 0 aromatic carbocycles. The van der Waals surface area contributed by atoms with E-state index in [-0.39, 0.29) is 19.3 Å². The van der Waals surface area contributed by atoms with Crippen LogP contribution in [0.25, 0.3) is 0 Å². The number of hydrogen-bond donors (Lipinski definition) is 0. The van der Waals surface area contributed by atoms with Gasteiger partial charge in [-0.1, -0.05) is 6.08 Å². The molecule has 0 aromatic rings. The molecule has 2 rings (SSSR count). The largest absolute Gasteiger partial charge is 0.380 e. The molecule has 0 N–H and O–H groups in total. The maximum absolute atomic E-state index is 13.7. The number of nitrogens with zero attached hydrogens (tertiary/aromatic N) is 3. The normalized spacial score (nSPS) is 33.4. The predicted molar refractivity (Wildman–Crippen MR) is 114 cm³/mol. The lowest BCUT2D eigenvalue weighted by Crippen LogP contribution is -2.49. The van der Waals surface area contributed by atoms with Gasteiger partial charge < -0.3 is 23.5 Å². The van der Waals surface area contributed by atoms with Crippen LogP contribution in [0.15, 0.2) is 11.9 Å². The quantitative estimate of drug-likeness (QED) is 0.436. The van der Waals surface area contributed by atoms with Crippen LogP contribution in [0, 0.1) is 0 Å². The van der Waals surface area contributed by atoms with E-state index < -0.39 is 32.9 Å². The molecule has 4 radical (unpaired) electrons. The number of hydrogen-bond acceptors (Lipinski definition) is 6. The highest BCUT2D eigenvalue weighted by molar-refractivity contribution is 7.65. The maximum atomic E-state index is 13.7. The first-order valence-corrected chi connectivity index (χ1v) is 13.5. The molecule has 12 heteroatoms. The van der Waals surface area contributed by atoms with E-state index >= 15 is 0 Å². The van der Waals surface area contributed by atoms with E-state index in [0.29, 0.717) is 19.6 Å². The fourth-order valence-corrected chi connectivity index (χ4v) is 5.80. The van der Waals surface area contributed by atoms with Crippen molar-refractivity contribution in [1.29, 1.82) is 0 Å². The topological polar surface area (TPSA) is 71.6 Å². The van der Waals surface area contributed by atoms with Gasteiger partial charge in [-0.2, -0.15) is 0 Å². The Morgan fingerprint density at radius 3 is 2.32 bits per heavy atom. The van der Waals surface area contributed by atoms with Crippen molar-refractivity contribution in [3.8, 4) is 0 Å². The van der Waals surface area contributed by atoms with Gasteiger partial charge >= 0.3 is 7.67 Å². The Morgan fingerprint density at radius 2 is 1.75 bits per heavy atom. The molecule has 2 aliphatic rings. The summed E-state index contributed by atoms with van der Waals surface area (Å²) in [6.45, 7) is 5.38. The SMILES string of the molecule is [B][C@H]1CN(C)C[C@@H](COP(=O)(N(C)C)N2C[C@@H](/C=C/P(C)(C)=O)O[C@@H]([B])C2)O1. The highest BCUT2D eigenvalue weighted by Gasteiger charge is 2.40. The Bertz CT molecular complexity index is 638. The second kappa shape index (κ2) is 9.93. The number of ether oxygens (including phenoxy) is 2. The molecule has 0 aromatic heterocycles. The average Bonchev–Trinajstić information content (AvgIpc) is 2.56. The third-order valence-electron chi connectivity index (χ3n) is 4.46. The van der Waals surface area contributed by atoms with Crippen LogP contribution in [-0.4, -0.2) is 121 Å². The summed E-state index contributed by atoms with van der Waals surface area (Å²) in [4.78, 5) is 2.06. The van der Waals surface area contributed by atoms with Crippen molar-refractivity contribution in [2.45, 2.75) is 24.2 Å². The zero-order chi connectivity index (χ0) is 21.1. The van der Waals surface area contributed by atoms with Crippen LogP contribution in [0.5, 0.6) is 0 Å². The van der Waals surface area contributed by atoms with Crippen molar-refractivity contribution in [1.82, 2.24) is 14.2 Å². The minimum Gasteiger partial charge on any atom is -0.380 e. The van der Waals surface area contributed by atoms with E-state index in [2.05, 4.69) is 4.90 Å². The smallest absolute Gasteiger partial charge is 0.345 e. The Balaban J connectivity index is 2.08. The van der Waals surface area contributed by atoms with Crippen LogP contribution >= 0.6 is 14.8 Å². The van der Waals surface area contributed by atoms with Crippen LogP contribution in [-0.2, 0) is 23.1 Å². The zero-order valence-corrected chi connectivity index (χ0v) is 19.2. The van der Waals surface area contributed by atoms with Crippen molar-refractivity contribution in [2.75, 3.05) is 67.3 Å². The number of likely N-dealkylation sites (N-methyl/N-ethyl adjacent to an activating group) is 1. The maximum Gasteiger partial charge on any atom is 0.345 e. The van der Waals surface area contributed by atoms with Gasteiger partial charge in [0.15, 0.2) is 0 Å². The second-order valence-electron chi connectivity index (χ2n) is 8.01. The standard InChI is InChI=1S/C16H31B2N3O5P2/c1-19(2)28(23,24-12-14-8-20(3)10-15(17)26-14)21-9-13(25-16(18)11-21)6-7-27(4,5)22/h6-7,13-16H,8-12H2,1-5H3/b7-6+/t13-,14+,15-,16-,28?/m1/s1. The first-order chi connectivity index (χ1) is 12.9. The van der Waals surface area contributed by atoms with Gasteiger partial charge in [0.2, 0.25) is 0 Å². The van der Waals surface area contributed by atoms with Gasteiger partial charge in [-0.15, -0.1) is 0 Å². The van der Waals surface area contributed by atoms with Crippen molar-refractivity contribution < 1.29 is 23.1 Å². The summed E-state index contributed by atoms with van der Waals surface area (Å²) in [5.74, 6) is 1.64. The van der Waals surface area contributed by atoms with Crippen LogP contribution in [0.2, 0.25) is 0 Å². The summed E-state index contributed by atoms with van der Waals surface area (Å²) in [6.07, 6.45) is 1.04. The Morgan fingerprint density at radius 1 is 1.11 bits per heavy atom. The lowest BCUT2D eigenvalue weighted by atomic mass is 9.98. The monoisotopic (exact) mass is 429 g/mol. The summed E-state index contributed by atoms with van der Waals surface area (Å²) in [5.41, 5.74) is 0. The van der Waals surface area contributed by atoms with Crippen molar-refractivity contribution >= 4 is 30.5 Å². The summed E-state index contributed by atoms with van der Waals surface area (Å²) in [6, 6.07) is -1.02. The third kappa shape index (κ3) is 7.10. The van der Waals surface area contributed by atoms with Gasteiger partial charge in [-0.05, 0) is 40.3 Å². The van der Waals surface area contributed by atoms with Crippen LogP contribution in [0.4, 0.5) is 0 Å². The van der Waals surface area contributed by atoms with Gasteiger partial charge in [0.05, 0.1) is 18.8 Å². The van der Waals surface area contributed by atoms with E-state index in [4.69, 9.17) is 29.7 Å². The van der Waals surface area contributed by atoms with Crippen molar-refractivity contribution in [3.05, 3.63) is 11.9 Å². The predicted octanol–water partition coefficient (Wildman–Crippen LogP) is 0.830. The lowest BCUT2D eigenvalue weighted by molar-refractivity contribution is -0.0635. The molecule has 2 heterocycles. The summed E-state index contributed by atoms with van der Waals surface area (Å²) < 4.78 is 46.2. The van der Waals surface area contributed by atoms with E-state index in [1.807, 2.05) is 7.05 Å². The molecule has 2 saturated heterocycles. The third-order valence-corrected chi connectivity index (χ3v) is 7.88. The molecule has 156 valence electrons. The van der Waals surface area contributed by atoms with Crippen molar-refractivity contribution in [3.63, 3.8) is 0 Å². The van der Waals surface area contributed by atoms with E-state index in [0.717, 1.165) is 0 Å². The fourth-order valence-electron chi connectivity index (χ4n) is 3.20. The molecule has 8 nitrogen and oxygen atoms in total. The van der Waals surface area contributed by atoms with E-state index in [1.165, 1.54) is 0 Å². The van der Waals surface area contributed by atoms with Crippen LogP contribution in [0.1, 0.15) is 0 Å². The average molecular weight is 429 g/mol. The molecule has 2 aliphatic heterocycles. The molecule has 0 aliphatic carbocycles. The molecule has 0 spiro atoms. The molecule has 2 fully saturated rings. The first-order valence-electron chi connectivity index (χ1n) is 9.31. The molecule has 5 atom stereocenters. The minimum atomic E-state index is -3.35. The van der Waals surface area contributed by atoms with Crippen LogP contribution in [0.3, 0.4) is 0 Å². The second-order valence-corrected chi connectivity index (χ2v) is 13.8. The molecular formula is C16H31B2N3O5P2. The Kier molecular flexibility index (Phi) is 8.64. The Labute approximate surface area is 171 Å². The van der Waals surface area contributed by atoms with Gasteiger partial charge in [0, 0.05) is 38.2 Å². The summed E-state index contributed by atoms with van der Waals surface area (Å²) in [5, 5.41) is 0. The van der Waals surface area contributed by atoms with Gasteiger partial charge in [0.1, 0.15) is 22.8 Å². The van der Waals surface area contributed by atoms with E-state index in [9.17, 15) is 9.13 Å². The molecule has 0 bridgehead atoms. The fraction of sp³-hybridized carbons (Fsp3) is 0.875. The molecular weight excluding hydrogens is 398 g/mol. The zero-order valence-electron chi connectivity index (χ0n) is 17.4. The number of rotatable bonds is 7. The molecule has 28 heavy (non-hydrogen) atoms. The first kappa shape index (κ1) is 24.4. The minimum absolute atomic E-state index is 0.153. The van der Waals surface area contributed by atoms with E-state index in [1.54, 1.807) is 48.7 Å². The molecule has 1 unspecified atom stereocenters. The van der Waals surface area contributed by atoms with Gasteiger partial charge in [-0.25, -0.2) is 9.34 Å².